The van der Waals surface area contributed by atoms with Gasteiger partial charge in [-0.2, -0.15) is 0 Å². The van der Waals surface area contributed by atoms with Crippen LogP contribution in [0, 0.1) is 0 Å². The van der Waals surface area contributed by atoms with Crippen molar-refractivity contribution in [3.05, 3.63) is 42.1 Å². The zero-order chi connectivity index (χ0) is 17.8. The van der Waals surface area contributed by atoms with Crippen molar-refractivity contribution < 1.29 is 9.21 Å². The summed E-state index contributed by atoms with van der Waals surface area (Å²) in [6.07, 6.45) is 3.98. The van der Waals surface area contributed by atoms with Gasteiger partial charge in [0.05, 0.1) is 18.6 Å². The quantitative estimate of drug-likeness (QED) is 0.507. The monoisotopic (exact) mass is 360 g/mol. The topological polar surface area (TPSA) is 64.2 Å². The summed E-state index contributed by atoms with van der Waals surface area (Å²) < 4.78 is 7.56. The fraction of sp³-hybridized carbons (Fsp3) is 0.500. The average molecular weight is 360 g/mol. The number of amides is 1. The molecular formula is C18H24N4O2S. The maximum atomic E-state index is 12.5. The Bertz CT molecular complexity index is 734. The van der Waals surface area contributed by atoms with Crippen LogP contribution in [0.2, 0.25) is 0 Å². The molecule has 0 N–H and O–H groups in total. The summed E-state index contributed by atoms with van der Waals surface area (Å²) in [4.78, 5) is 14.3. The summed E-state index contributed by atoms with van der Waals surface area (Å²) in [5.41, 5.74) is 0.984. The van der Waals surface area contributed by atoms with E-state index in [4.69, 9.17) is 4.42 Å². The maximum Gasteiger partial charge on any atom is 0.233 e. The molecule has 0 saturated heterocycles. The van der Waals surface area contributed by atoms with E-state index in [0.29, 0.717) is 31.3 Å². The molecule has 0 radical (unpaired) electrons. The minimum Gasteiger partial charge on any atom is -0.467 e. The molecule has 0 atom stereocenters. The third-order valence-electron chi connectivity index (χ3n) is 4.10. The Kier molecular flexibility index (Phi) is 5.63. The molecule has 0 aliphatic heterocycles. The van der Waals surface area contributed by atoms with Gasteiger partial charge in [-0.25, -0.2) is 0 Å². The molecule has 0 bridgehead atoms. The van der Waals surface area contributed by atoms with Crippen LogP contribution >= 0.6 is 11.8 Å². The number of rotatable bonds is 9. The molecule has 6 nitrogen and oxygen atoms in total. The van der Waals surface area contributed by atoms with E-state index in [1.54, 1.807) is 6.26 Å². The molecule has 1 fully saturated rings. The fourth-order valence-electron chi connectivity index (χ4n) is 2.68. The number of hydrogen-bond donors (Lipinski definition) is 0. The molecule has 1 amide bonds. The van der Waals surface area contributed by atoms with Gasteiger partial charge in [0, 0.05) is 19.0 Å². The first-order chi connectivity index (χ1) is 12.1. The predicted octanol–water partition coefficient (Wildman–Crippen LogP) is 3.31. The Morgan fingerprint density at radius 3 is 2.88 bits per heavy atom. The van der Waals surface area contributed by atoms with Gasteiger partial charge in [-0.15, -0.1) is 10.2 Å². The summed E-state index contributed by atoms with van der Waals surface area (Å²) in [5.74, 6) is 2.80. The van der Waals surface area contributed by atoms with Gasteiger partial charge in [0.25, 0.3) is 0 Å². The Morgan fingerprint density at radius 1 is 1.48 bits per heavy atom. The zero-order valence-corrected chi connectivity index (χ0v) is 15.6. The maximum absolute atomic E-state index is 12.5. The van der Waals surface area contributed by atoms with Gasteiger partial charge in [0.1, 0.15) is 11.6 Å². The fourth-order valence-corrected chi connectivity index (χ4v) is 3.52. The predicted molar refractivity (Wildman–Crippen MR) is 97.6 cm³/mol. The summed E-state index contributed by atoms with van der Waals surface area (Å²) in [6.45, 7) is 9.69. The standard InChI is InChI=1S/C18H24N4O2S/c1-4-21(10-13(2)3)16(23)12-25-18-20-19-17(14-7-8-14)22(18)11-15-6-5-9-24-15/h5-6,9,14H,2,4,7-8,10-12H2,1,3H3. The molecule has 2 aromatic rings. The van der Waals surface area contributed by atoms with Crippen LogP contribution in [0.25, 0.3) is 0 Å². The van der Waals surface area contributed by atoms with Crippen molar-refractivity contribution in [2.24, 2.45) is 0 Å². The van der Waals surface area contributed by atoms with Crippen LogP contribution in [0.5, 0.6) is 0 Å². The Morgan fingerprint density at radius 2 is 2.28 bits per heavy atom. The van der Waals surface area contributed by atoms with Gasteiger partial charge < -0.3 is 9.32 Å². The van der Waals surface area contributed by atoms with Crippen LogP contribution in [-0.2, 0) is 11.3 Å². The highest BCUT2D eigenvalue weighted by molar-refractivity contribution is 7.99. The second-order valence-corrected chi connectivity index (χ2v) is 7.38. The van der Waals surface area contributed by atoms with Gasteiger partial charge in [0.15, 0.2) is 5.16 Å². The molecule has 7 heteroatoms. The Hall–Kier alpha value is -2.02. The largest absolute Gasteiger partial charge is 0.467 e. The SMILES string of the molecule is C=C(C)CN(CC)C(=O)CSc1nnc(C2CC2)n1Cc1ccco1. The summed E-state index contributed by atoms with van der Waals surface area (Å²) in [6, 6.07) is 3.82. The van der Waals surface area contributed by atoms with Crippen molar-refractivity contribution in [1.29, 1.82) is 0 Å². The number of hydrogen-bond acceptors (Lipinski definition) is 5. The first kappa shape index (κ1) is 17.8. The molecule has 2 heterocycles. The third-order valence-corrected chi connectivity index (χ3v) is 5.05. The minimum atomic E-state index is 0.0935. The molecule has 0 spiro atoms. The molecule has 1 saturated carbocycles. The lowest BCUT2D eigenvalue weighted by molar-refractivity contribution is -0.127. The van der Waals surface area contributed by atoms with Crippen LogP contribution in [-0.4, -0.2) is 44.4 Å². The Balaban J connectivity index is 1.69. The van der Waals surface area contributed by atoms with E-state index in [2.05, 4.69) is 21.3 Å². The molecule has 1 aliphatic rings. The van der Waals surface area contributed by atoms with E-state index >= 15 is 0 Å². The first-order valence-corrected chi connectivity index (χ1v) is 9.57. The highest BCUT2D eigenvalue weighted by atomic mass is 32.2. The highest BCUT2D eigenvalue weighted by Crippen LogP contribution is 2.40. The minimum absolute atomic E-state index is 0.0935. The number of carbonyl (C=O) groups is 1. The summed E-state index contributed by atoms with van der Waals surface area (Å²) >= 11 is 1.44. The number of carbonyl (C=O) groups excluding carboxylic acids is 1. The molecule has 0 aromatic carbocycles. The molecule has 1 aliphatic carbocycles. The molecule has 0 unspecified atom stereocenters. The smallest absolute Gasteiger partial charge is 0.233 e. The van der Waals surface area contributed by atoms with E-state index in [1.165, 1.54) is 11.8 Å². The van der Waals surface area contributed by atoms with Gasteiger partial charge in [0.2, 0.25) is 5.91 Å². The van der Waals surface area contributed by atoms with E-state index in [1.807, 2.05) is 30.9 Å². The van der Waals surface area contributed by atoms with Gasteiger partial charge >= 0.3 is 0 Å². The van der Waals surface area contributed by atoms with Gasteiger partial charge in [-0.05, 0) is 38.8 Å². The molecule has 2 aromatic heterocycles. The number of thioether (sulfide) groups is 1. The van der Waals surface area contributed by atoms with E-state index in [-0.39, 0.29) is 5.91 Å². The first-order valence-electron chi connectivity index (χ1n) is 8.59. The van der Waals surface area contributed by atoms with Gasteiger partial charge in [-0.3, -0.25) is 9.36 Å². The van der Waals surface area contributed by atoms with Crippen molar-refractivity contribution >= 4 is 17.7 Å². The number of aromatic nitrogens is 3. The molecule has 25 heavy (non-hydrogen) atoms. The Labute approximate surface area is 152 Å². The van der Waals surface area contributed by atoms with Crippen molar-refractivity contribution in [3.8, 4) is 0 Å². The summed E-state index contributed by atoms with van der Waals surface area (Å²) in [5, 5.41) is 9.46. The van der Waals surface area contributed by atoms with E-state index in [9.17, 15) is 4.79 Å². The van der Waals surface area contributed by atoms with Crippen LogP contribution in [0.3, 0.4) is 0 Å². The van der Waals surface area contributed by atoms with Crippen LogP contribution in [0.1, 0.15) is 44.2 Å². The van der Waals surface area contributed by atoms with Crippen LogP contribution in [0.4, 0.5) is 0 Å². The number of nitrogens with zero attached hydrogens (tertiary/aromatic N) is 4. The molecular weight excluding hydrogens is 336 g/mol. The number of furan rings is 1. The second kappa shape index (κ2) is 7.91. The lowest BCUT2D eigenvalue weighted by Gasteiger charge is -2.20. The van der Waals surface area contributed by atoms with Crippen molar-refractivity contribution in [1.82, 2.24) is 19.7 Å². The average Bonchev–Trinajstić information content (AvgIpc) is 3.15. The van der Waals surface area contributed by atoms with E-state index < -0.39 is 0 Å². The van der Waals surface area contributed by atoms with Crippen molar-refractivity contribution in [2.75, 3.05) is 18.8 Å². The lowest BCUT2D eigenvalue weighted by atomic mass is 10.3. The third kappa shape index (κ3) is 4.54. The lowest BCUT2D eigenvalue weighted by Crippen LogP contribution is -2.33. The van der Waals surface area contributed by atoms with Crippen molar-refractivity contribution in [3.63, 3.8) is 0 Å². The summed E-state index contributed by atoms with van der Waals surface area (Å²) in [7, 11) is 0. The van der Waals surface area contributed by atoms with Crippen LogP contribution in [0.15, 0.2) is 40.1 Å². The highest BCUT2D eigenvalue weighted by Gasteiger charge is 2.31. The number of likely N-dealkylation sites (N-methyl/N-ethyl adjacent to an activating group) is 1. The van der Waals surface area contributed by atoms with E-state index in [0.717, 1.165) is 35.2 Å². The van der Waals surface area contributed by atoms with Crippen LogP contribution < -0.4 is 0 Å². The second-order valence-electron chi connectivity index (χ2n) is 6.43. The zero-order valence-electron chi connectivity index (χ0n) is 14.8. The molecule has 134 valence electrons. The molecule has 3 rings (SSSR count). The normalized spacial score (nSPS) is 13.8. The van der Waals surface area contributed by atoms with Crippen molar-refractivity contribution in [2.45, 2.75) is 44.3 Å². The van der Waals surface area contributed by atoms with Gasteiger partial charge in [-0.1, -0.05) is 23.9 Å².